The van der Waals surface area contributed by atoms with Gasteiger partial charge in [0.15, 0.2) is 17.4 Å². The Hall–Kier alpha value is -1.69. The molecule has 0 amide bonds. The third kappa shape index (κ3) is 3.32. The Balaban J connectivity index is 2.55. The van der Waals surface area contributed by atoms with E-state index < -0.39 is 5.82 Å². The number of nitrogens with one attached hydrogen (secondary N) is 1. The highest BCUT2D eigenvalue weighted by molar-refractivity contribution is 9.10. The van der Waals surface area contributed by atoms with Crippen molar-refractivity contribution in [3.8, 4) is 17.1 Å². The second-order valence-electron chi connectivity index (χ2n) is 4.51. The zero-order valence-electron chi connectivity index (χ0n) is 12.2. The van der Waals surface area contributed by atoms with Gasteiger partial charge >= 0.3 is 0 Å². The second-order valence-corrected chi connectivity index (χ2v) is 5.30. The molecule has 112 valence electrons. The summed E-state index contributed by atoms with van der Waals surface area (Å²) in [6.07, 6.45) is 1.81. The lowest BCUT2D eigenvalue weighted by atomic mass is 10.1. The van der Waals surface area contributed by atoms with Gasteiger partial charge in [-0.3, -0.25) is 0 Å². The van der Waals surface area contributed by atoms with Crippen LogP contribution >= 0.6 is 15.9 Å². The Morgan fingerprint density at radius 2 is 2.10 bits per heavy atom. The van der Waals surface area contributed by atoms with Crippen molar-refractivity contribution in [3.05, 3.63) is 34.2 Å². The van der Waals surface area contributed by atoms with Gasteiger partial charge in [0.1, 0.15) is 5.82 Å². The average Bonchev–Trinajstić information content (AvgIpc) is 2.50. The zero-order chi connectivity index (χ0) is 15.4. The number of hydrogen-bond acceptors (Lipinski definition) is 4. The molecule has 0 aliphatic carbocycles. The summed E-state index contributed by atoms with van der Waals surface area (Å²) in [6.45, 7) is 2.09. The van der Waals surface area contributed by atoms with Crippen LogP contribution in [0.3, 0.4) is 0 Å². The minimum atomic E-state index is -0.402. The number of aromatic nitrogens is 2. The molecular formula is C15H17BrFN3O. The first-order valence-corrected chi connectivity index (χ1v) is 7.48. The fourth-order valence-corrected chi connectivity index (χ4v) is 2.56. The molecule has 1 heterocycles. The van der Waals surface area contributed by atoms with E-state index in [1.54, 1.807) is 19.2 Å². The van der Waals surface area contributed by atoms with E-state index in [2.05, 4.69) is 38.1 Å². The molecule has 0 aliphatic rings. The Kier molecular flexibility index (Phi) is 5.12. The number of methoxy groups -OCH3 is 1. The van der Waals surface area contributed by atoms with E-state index in [-0.39, 0.29) is 5.75 Å². The first kappa shape index (κ1) is 15.7. The maximum Gasteiger partial charge on any atom is 0.165 e. The molecule has 1 N–H and O–H groups in total. The number of benzene rings is 1. The molecule has 1 aromatic heterocycles. The summed E-state index contributed by atoms with van der Waals surface area (Å²) >= 11 is 3.52. The van der Waals surface area contributed by atoms with Crippen LogP contribution in [-0.4, -0.2) is 24.1 Å². The Labute approximate surface area is 131 Å². The highest BCUT2D eigenvalue weighted by Gasteiger charge is 2.13. The predicted octanol–water partition coefficient (Wildman–Crippen LogP) is 4.05. The van der Waals surface area contributed by atoms with Crippen LogP contribution in [0.4, 0.5) is 10.2 Å². The molecule has 21 heavy (non-hydrogen) atoms. The van der Waals surface area contributed by atoms with Gasteiger partial charge in [-0.1, -0.05) is 13.3 Å². The number of rotatable bonds is 5. The van der Waals surface area contributed by atoms with Crippen LogP contribution in [0.2, 0.25) is 0 Å². The minimum Gasteiger partial charge on any atom is -0.494 e. The SMILES string of the molecule is CCCc1nc(-c2ccc(F)c(OC)c2)nc(NC)c1Br. The van der Waals surface area contributed by atoms with Gasteiger partial charge in [-0.2, -0.15) is 0 Å². The van der Waals surface area contributed by atoms with Crippen LogP contribution in [0.15, 0.2) is 22.7 Å². The molecule has 0 bridgehead atoms. The quantitative estimate of drug-likeness (QED) is 0.880. The monoisotopic (exact) mass is 353 g/mol. The zero-order valence-corrected chi connectivity index (χ0v) is 13.8. The van der Waals surface area contributed by atoms with E-state index in [1.165, 1.54) is 13.2 Å². The van der Waals surface area contributed by atoms with Crippen LogP contribution in [-0.2, 0) is 6.42 Å². The predicted molar refractivity (Wildman–Crippen MR) is 85.2 cm³/mol. The van der Waals surface area contributed by atoms with Gasteiger partial charge in [-0.05, 0) is 40.5 Å². The molecule has 0 saturated carbocycles. The number of halogens is 2. The van der Waals surface area contributed by atoms with E-state index in [1.807, 2.05) is 0 Å². The summed E-state index contributed by atoms with van der Waals surface area (Å²) in [5, 5.41) is 3.04. The molecule has 0 fully saturated rings. The van der Waals surface area contributed by atoms with E-state index in [4.69, 9.17) is 4.74 Å². The number of anilines is 1. The van der Waals surface area contributed by atoms with Gasteiger partial charge in [0.25, 0.3) is 0 Å². The van der Waals surface area contributed by atoms with Crippen molar-refractivity contribution in [3.63, 3.8) is 0 Å². The van der Waals surface area contributed by atoms with Gasteiger partial charge in [0, 0.05) is 12.6 Å². The average molecular weight is 354 g/mol. The van der Waals surface area contributed by atoms with Gasteiger partial charge in [0.2, 0.25) is 0 Å². The molecule has 1 aromatic carbocycles. The Bertz CT molecular complexity index is 649. The summed E-state index contributed by atoms with van der Waals surface area (Å²) in [7, 11) is 3.24. The second kappa shape index (κ2) is 6.85. The molecule has 0 unspecified atom stereocenters. The third-order valence-corrected chi connectivity index (χ3v) is 3.89. The molecule has 0 atom stereocenters. The van der Waals surface area contributed by atoms with Crippen molar-refractivity contribution in [1.82, 2.24) is 9.97 Å². The Morgan fingerprint density at radius 1 is 1.33 bits per heavy atom. The molecule has 6 heteroatoms. The summed E-state index contributed by atoms with van der Waals surface area (Å²) in [4.78, 5) is 9.03. The Morgan fingerprint density at radius 3 is 2.71 bits per heavy atom. The molecule has 2 rings (SSSR count). The molecule has 0 spiro atoms. The summed E-state index contributed by atoms with van der Waals surface area (Å²) in [5.74, 6) is 1.04. The normalized spacial score (nSPS) is 10.5. The highest BCUT2D eigenvalue weighted by atomic mass is 79.9. The smallest absolute Gasteiger partial charge is 0.165 e. The highest BCUT2D eigenvalue weighted by Crippen LogP contribution is 2.30. The first-order valence-electron chi connectivity index (χ1n) is 6.68. The van der Waals surface area contributed by atoms with Crippen molar-refractivity contribution in [2.24, 2.45) is 0 Å². The summed E-state index contributed by atoms with van der Waals surface area (Å²) in [5.41, 5.74) is 1.64. The van der Waals surface area contributed by atoms with E-state index in [0.717, 1.165) is 28.6 Å². The molecule has 0 radical (unpaired) electrons. The molecule has 0 saturated heterocycles. The number of hydrogen-bond donors (Lipinski definition) is 1. The lowest BCUT2D eigenvalue weighted by Gasteiger charge is -2.11. The largest absolute Gasteiger partial charge is 0.494 e. The number of aryl methyl sites for hydroxylation is 1. The van der Waals surface area contributed by atoms with Gasteiger partial charge < -0.3 is 10.1 Å². The third-order valence-electron chi connectivity index (χ3n) is 3.05. The molecule has 2 aromatic rings. The van der Waals surface area contributed by atoms with Crippen molar-refractivity contribution < 1.29 is 9.13 Å². The van der Waals surface area contributed by atoms with E-state index in [0.29, 0.717) is 11.6 Å². The molecule has 4 nitrogen and oxygen atoms in total. The number of ether oxygens (including phenoxy) is 1. The lowest BCUT2D eigenvalue weighted by molar-refractivity contribution is 0.386. The van der Waals surface area contributed by atoms with Crippen molar-refractivity contribution in [2.75, 3.05) is 19.5 Å². The summed E-state index contributed by atoms with van der Waals surface area (Å²) < 4.78 is 19.4. The van der Waals surface area contributed by atoms with Crippen LogP contribution in [0.25, 0.3) is 11.4 Å². The first-order chi connectivity index (χ1) is 10.1. The van der Waals surface area contributed by atoms with Crippen LogP contribution < -0.4 is 10.1 Å². The van der Waals surface area contributed by atoms with Gasteiger partial charge in [0.05, 0.1) is 17.3 Å². The summed E-state index contributed by atoms with van der Waals surface area (Å²) in [6, 6.07) is 4.61. The van der Waals surface area contributed by atoms with Crippen molar-refractivity contribution in [2.45, 2.75) is 19.8 Å². The van der Waals surface area contributed by atoms with Crippen molar-refractivity contribution in [1.29, 1.82) is 0 Å². The van der Waals surface area contributed by atoms with Crippen molar-refractivity contribution >= 4 is 21.7 Å². The van der Waals surface area contributed by atoms with Crippen LogP contribution in [0, 0.1) is 5.82 Å². The number of nitrogens with zero attached hydrogens (tertiary/aromatic N) is 2. The van der Waals surface area contributed by atoms with Gasteiger partial charge in [-0.25, -0.2) is 14.4 Å². The maximum atomic E-state index is 13.5. The minimum absolute atomic E-state index is 0.182. The fourth-order valence-electron chi connectivity index (χ4n) is 1.99. The maximum absolute atomic E-state index is 13.5. The molecular weight excluding hydrogens is 337 g/mol. The fraction of sp³-hybridized carbons (Fsp3) is 0.333. The molecule has 0 aliphatic heterocycles. The van der Waals surface area contributed by atoms with E-state index in [9.17, 15) is 4.39 Å². The van der Waals surface area contributed by atoms with Gasteiger partial charge in [-0.15, -0.1) is 0 Å². The standard InChI is InChI=1S/C15H17BrFN3O/c1-4-5-11-13(16)15(18-2)20-14(19-11)9-6-7-10(17)12(8-9)21-3/h6-8H,4-5H2,1-3H3,(H,18,19,20). The van der Waals surface area contributed by atoms with E-state index >= 15 is 0 Å². The lowest BCUT2D eigenvalue weighted by Crippen LogP contribution is -2.03. The van der Waals surface area contributed by atoms with Crippen LogP contribution in [0.1, 0.15) is 19.0 Å². The van der Waals surface area contributed by atoms with Crippen LogP contribution in [0.5, 0.6) is 5.75 Å². The topological polar surface area (TPSA) is 47.0 Å².